The molecule has 19 heavy (non-hydrogen) atoms. The highest BCUT2D eigenvalue weighted by Crippen LogP contribution is 2.28. The quantitative estimate of drug-likeness (QED) is 0.863. The number of hydrogen-bond donors (Lipinski definition) is 2. The zero-order valence-corrected chi connectivity index (χ0v) is 10.8. The van der Waals surface area contributed by atoms with Crippen molar-refractivity contribution in [2.24, 2.45) is 5.73 Å². The predicted molar refractivity (Wildman–Crippen MR) is 76.0 cm³/mol. The molecule has 1 aliphatic heterocycles. The Kier molecular flexibility index (Phi) is 2.84. The second-order valence-corrected chi connectivity index (χ2v) is 5.03. The fourth-order valence-corrected chi connectivity index (χ4v) is 2.41. The van der Waals surface area contributed by atoms with Crippen LogP contribution in [0, 0.1) is 6.92 Å². The minimum absolute atomic E-state index is 0.0519. The SMILES string of the molecule is Cc1ccc(C(N)c2ccc3c(c2)CC(=O)N3)cc1. The lowest BCUT2D eigenvalue weighted by Crippen LogP contribution is -2.11. The fraction of sp³-hybridized carbons (Fsp3) is 0.188. The molecule has 2 aromatic rings. The van der Waals surface area contributed by atoms with Gasteiger partial charge in [-0.1, -0.05) is 42.0 Å². The van der Waals surface area contributed by atoms with E-state index in [0.29, 0.717) is 6.42 Å². The Morgan fingerprint density at radius 3 is 2.53 bits per heavy atom. The van der Waals surface area contributed by atoms with E-state index in [1.54, 1.807) is 0 Å². The fourth-order valence-electron chi connectivity index (χ4n) is 2.41. The lowest BCUT2D eigenvalue weighted by molar-refractivity contribution is -0.115. The molecule has 1 atom stereocenters. The molecule has 1 aliphatic rings. The van der Waals surface area contributed by atoms with Gasteiger partial charge in [-0.25, -0.2) is 0 Å². The molecule has 3 N–H and O–H groups in total. The van der Waals surface area contributed by atoms with E-state index in [1.165, 1.54) is 5.56 Å². The smallest absolute Gasteiger partial charge is 0.228 e. The molecule has 0 radical (unpaired) electrons. The molecule has 3 nitrogen and oxygen atoms in total. The van der Waals surface area contributed by atoms with Crippen molar-refractivity contribution in [1.29, 1.82) is 0 Å². The third kappa shape index (κ3) is 2.25. The Balaban J connectivity index is 1.92. The molecule has 0 saturated carbocycles. The number of fused-ring (bicyclic) bond motifs is 1. The van der Waals surface area contributed by atoms with Crippen LogP contribution in [-0.2, 0) is 11.2 Å². The number of benzene rings is 2. The standard InChI is InChI=1S/C16H16N2O/c1-10-2-4-11(5-3-10)16(17)12-6-7-14-13(8-12)9-15(19)18-14/h2-8,16H,9,17H2,1H3,(H,18,19). The number of nitrogens with two attached hydrogens (primary N) is 1. The first kappa shape index (κ1) is 11.9. The first-order valence-corrected chi connectivity index (χ1v) is 6.38. The molecule has 0 spiro atoms. The van der Waals surface area contributed by atoms with Crippen LogP contribution in [0.15, 0.2) is 42.5 Å². The van der Waals surface area contributed by atoms with Gasteiger partial charge in [-0.2, -0.15) is 0 Å². The first-order chi connectivity index (χ1) is 9.13. The molecular formula is C16H16N2O. The molecule has 0 aromatic heterocycles. The normalized spacial score (nSPS) is 14.9. The van der Waals surface area contributed by atoms with Gasteiger partial charge in [0, 0.05) is 5.69 Å². The van der Waals surface area contributed by atoms with Crippen LogP contribution in [0.5, 0.6) is 0 Å². The molecule has 0 bridgehead atoms. The summed E-state index contributed by atoms with van der Waals surface area (Å²) < 4.78 is 0. The number of amides is 1. The van der Waals surface area contributed by atoms with Crippen LogP contribution in [0.25, 0.3) is 0 Å². The van der Waals surface area contributed by atoms with Crippen LogP contribution < -0.4 is 11.1 Å². The van der Waals surface area contributed by atoms with E-state index in [9.17, 15) is 4.79 Å². The summed E-state index contributed by atoms with van der Waals surface area (Å²) >= 11 is 0. The van der Waals surface area contributed by atoms with Gasteiger partial charge >= 0.3 is 0 Å². The minimum Gasteiger partial charge on any atom is -0.326 e. The van der Waals surface area contributed by atoms with Gasteiger partial charge in [-0.3, -0.25) is 4.79 Å². The van der Waals surface area contributed by atoms with Crippen molar-refractivity contribution in [1.82, 2.24) is 0 Å². The van der Waals surface area contributed by atoms with Crippen LogP contribution in [0.4, 0.5) is 5.69 Å². The average Bonchev–Trinajstić information content (AvgIpc) is 2.77. The van der Waals surface area contributed by atoms with Crippen molar-refractivity contribution in [2.45, 2.75) is 19.4 Å². The first-order valence-electron chi connectivity index (χ1n) is 6.38. The summed E-state index contributed by atoms with van der Waals surface area (Å²) in [6.07, 6.45) is 0.448. The topological polar surface area (TPSA) is 55.1 Å². The minimum atomic E-state index is -0.151. The molecule has 0 saturated heterocycles. The highest BCUT2D eigenvalue weighted by Gasteiger charge is 2.19. The van der Waals surface area contributed by atoms with Gasteiger partial charge in [0.1, 0.15) is 0 Å². The summed E-state index contributed by atoms with van der Waals surface area (Å²) in [5, 5.41) is 2.83. The number of anilines is 1. The Morgan fingerprint density at radius 1 is 1.11 bits per heavy atom. The summed E-state index contributed by atoms with van der Waals surface area (Å²) in [7, 11) is 0. The Bertz CT molecular complexity index is 632. The van der Waals surface area contributed by atoms with Crippen molar-refractivity contribution in [3.8, 4) is 0 Å². The number of hydrogen-bond acceptors (Lipinski definition) is 2. The maximum atomic E-state index is 11.3. The summed E-state index contributed by atoms with van der Waals surface area (Å²) in [6.45, 7) is 2.06. The molecule has 2 aromatic carbocycles. The Labute approximate surface area is 112 Å². The maximum absolute atomic E-state index is 11.3. The number of aryl methyl sites for hydroxylation is 1. The maximum Gasteiger partial charge on any atom is 0.228 e. The molecule has 0 aliphatic carbocycles. The van der Waals surface area contributed by atoms with E-state index in [1.807, 2.05) is 18.2 Å². The number of nitrogens with one attached hydrogen (secondary N) is 1. The van der Waals surface area contributed by atoms with Crippen LogP contribution >= 0.6 is 0 Å². The molecule has 96 valence electrons. The third-order valence-electron chi connectivity index (χ3n) is 3.55. The molecular weight excluding hydrogens is 236 g/mol. The van der Waals surface area contributed by atoms with Crippen LogP contribution in [-0.4, -0.2) is 5.91 Å². The van der Waals surface area contributed by atoms with Gasteiger partial charge in [-0.15, -0.1) is 0 Å². The Hall–Kier alpha value is -2.13. The molecule has 3 heteroatoms. The zero-order chi connectivity index (χ0) is 13.4. The third-order valence-corrected chi connectivity index (χ3v) is 3.55. The molecule has 1 heterocycles. The lowest BCUT2D eigenvalue weighted by Gasteiger charge is -2.14. The van der Waals surface area contributed by atoms with Gasteiger partial charge < -0.3 is 11.1 Å². The second kappa shape index (κ2) is 4.52. The summed E-state index contributed by atoms with van der Waals surface area (Å²) in [5.41, 5.74) is 11.6. The van der Waals surface area contributed by atoms with Crippen LogP contribution in [0.3, 0.4) is 0 Å². The van der Waals surface area contributed by atoms with Crippen LogP contribution in [0.1, 0.15) is 28.3 Å². The average molecular weight is 252 g/mol. The highest BCUT2D eigenvalue weighted by molar-refractivity contribution is 5.99. The van der Waals surface area contributed by atoms with Crippen LogP contribution in [0.2, 0.25) is 0 Å². The molecule has 3 rings (SSSR count). The van der Waals surface area contributed by atoms with Gasteiger partial charge in [0.2, 0.25) is 5.91 Å². The molecule has 1 unspecified atom stereocenters. The number of carbonyl (C=O) groups is 1. The predicted octanol–water partition coefficient (Wildman–Crippen LogP) is 2.54. The summed E-state index contributed by atoms with van der Waals surface area (Å²) in [5.74, 6) is 0.0519. The van der Waals surface area contributed by atoms with Gasteiger partial charge in [0.15, 0.2) is 0 Å². The Morgan fingerprint density at radius 2 is 1.79 bits per heavy atom. The highest BCUT2D eigenvalue weighted by atomic mass is 16.1. The van der Waals surface area contributed by atoms with E-state index in [4.69, 9.17) is 5.73 Å². The van der Waals surface area contributed by atoms with Crippen molar-refractivity contribution in [3.05, 3.63) is 64.7 Å². The van der Waals surface area contributed by atoms with E-state index in [-0.39, 0.29) is 11.9 Å². The van der Waals surface area contributed by atoms with E-state index in [0.717, 1.165) is 22.4 Å². The van der Waals surface area contributed by atoms with Gasteiger partial charge in [-0.05, 0) is 29.7 Å². The zero-order valence-electron chi connectivity index (χ0n) is 10.8. The van der Waals surface area contributed by atoms with E-state index in [2.05, 4.69) is 36.5 Å². The monoisotopic (exact) mass is 252 g/mol. The van der Waals surface area contributed by atoms with Gasteiger partial charge in [0.25, 0.3) is 0 Å². The molecule has 1 amide bonds. The van der Waals surface area contributed by atoms with Gasteiger partial charge in [0.05, 0.1) is 12.5 Å². The summed E-state index contributed by atoms with van der Waals surface area (Å²) in [4.78, 5) is 11.3. The van der Waals surface area contributed by atoms with Crippen molar-refractivity contribution in [3.63, 3.8) is 0 Å². The second-order valence-electron chi connectivity index (χ2n) is 5.03. The van der Waals surface area contributed by atoms with E-state index >= 15 is 0 Å². The van der Waals surface area contributed by atoms with Crippen molar-refractivity contribution < 1.29 is 4.79 Å². The summed E-state index contributed by atoms with van der Waals surface area (Å²) in [6, 6.07) is 14.0. The largest absolute Gasteiger partial charge is 0.326 e. The van der Waals surface area contributed by atoms with Crippen molar-refractivity contribution in [2.75, 3.05) is 5.32 Å². The number of rotatable bonds is 2. The number of carbonyl (C=O) groups excluding carboxylic acids is 1. The molecule has 0 fully saturated rings. The van der Waals surface area contributed by atoms with Crippen molar-refractivity contribution >= 4 is 11.6 Å². The van der Waals surface area contributed by atoms with E-state index < -0.39 is 0 Å². The lowest BCUT2D eigenvalue weighted by atomic mass is 9.96.